The van der Waals surface area contributed by atoms with Crippen LogP contribution < -0.4 is 10.7 Å². The predicted octanol–water partition coefficient (Wildman–Crippen LogP) is 4.01. The van der Waals surface area contributed by atoms with E-state index in [4.69, 9.17) is 0 Å². The number of nitrogens with one attached hydrogen (secondary N) is 2. The van der Waals surface area contributed by atoms with Crippen molar-refractivity contribution in [1.29, 1.82) is 0 Å². The number of hydrogen-bond donors (Lipinski definition) is 2. The average Bonchev–Trinajstić information content (AvgIpc) is 2.66. The maximum atomic E-state index is 12.4. The summed E-state index contributed by atoms with van der Waals surface area (Å²) in [4.78, 5) is 24.5. The van der Waals surface area contributed by atoms with E-state index in [1.54, 1.807) is 19.1 Å². The van der Waals surface area contributed by atoms with Crippen molar-refractivity contribution in [2.24, 2.45) is 5.10 Å². The van der Waals surface area contributed by atoms with Crippen LogP contribution in [0.1, 0.15) is 53.2 Å². The Bertz CT molecular complexity index is 887. The van der Waals surface area contributed by atoms with Crippen LogP contribution in [0.25, 0.3) is 0 Å². The number of carbonyl (C=O) groups is 2. The molecule has 0 saturated carbocycles. The quantitative estimate of drug-likeness (QED) is 0.622. The molecule has 0 fully saturated rings. The highest BCUT2D eigenvalue weighted by Gasteiger charge is 2.15. The first kappa shape index (κ1) is 18.8. The standard InChI is InChI=1S/C22H25N3O2/c1-15-7-5-10-18(13-15)22(27)25-24-16(2)14-21(26)23-20-12-6-9-17-8-3-4-11-19(17)20/h5-7,9-10,12-13H,3-4,8,11,14H2,1-2H3,(H,23,26)(H,25,27)/b24-16-. The lowest BCUT2D eigenvalue weighted by Gasteiger charge is -2.19. The highest BCUT2D eigenvalue weighted by atomic mass is 16.2. The molecule has 3 rings (SSSR count). The molecule has 2 amide bonds. The molecule has 2 aromatic rings. The van der Waals surface area contributed by atoms with Gasteiger partial charge < -0.3 is 5.32 Å². The fourth-order valence-corrected chi connectivity index (χ4v) is 3.36. The molecule has 1 aliphatic rings. The lowest BCUT2D eigenvalue weighted by atomic mass is 9.90. The van der Waals surface area contributed by atoms with E-state index in [-0.39, 0.29) is 18.2 Å². The molecule has 27 heavy (non-hydrogen) atoms. The number of anilines is 1. The van der Waals surface area contributed by atoms with E-state index in [2.05, 4.69) is 21.9 Å². The summed E-state index contributed by atoms with van der Waals surface area (Å²) >= 11 is 0. The number of benzene rings is 2. The van der Waals surface area contributed by atoms with Gasteiger partial charge in [-0.25, -0.2) is 5.43 Å². The first-order valence-electron chi connectivity index (χ1n) is 9.34. The number of carbonyl (C=O) groups excluding carboxylic acids is 2. The Morgan fingerprint density at radius 3 is 2.67 bits per heavy atom. The molecule has 0 unspecified atom stereocenters. The molecule has 5 heteroatoms. The fraction of sp³-hybridized carbons (Fsp3) is 0.318. The molecule has 0 bridgehead atoms. The minimum Gasteiger partial charge on any atom is -0.325 e. The van der Waals surface area contributed by atoms with Crippen molar-refractivity contribution in [3.8, 4) is 0 Å². The SMILES string of the molecule is C/C(CC(=O)Nc1cccc2c1CCCC2)=N/NC(=O)c1cccc(C)c1. The number of amides is 2. The molecule has 5 nitrogen and oxygen atoms in total. The zero-order valence-corrected chi connectivity index (χ0v) is 15.8. The maximum absolute atomic E-state index is 12.4. The Morgan fingerprint density at radius 1 is 1.07 bits per heavy atom. The van der Waals surface area contributed by atoms with E-state index >= 15 is 0 Å². The van der Waals surface area contributed by atoms with Crippen LogP contribution in [0.2, 0.25) is 0 Å². The van der Waals surface area contributed by atoms with Crippen LogP contribution in [0.5, 0.6) is 0 Å². The second kappa shape index (κ2) is 8.62. The molecule has 0 heterocycles. The monoisotopic (exact) mass is 363 g/mol. The molecule has 0 saturated heterocycles. The second-order valence-corrected chi connectivity index (χ2v) is 7.03. The summed E-state index contributed by atoms with van der Waals surface area (Å²) in [5, 5.41) is 7.05. The minimum atomic E-state index is -0.282. The predicted molar refractivity (Wildman–Crippen MR) is 108 cm³/mol. The molecule has 0 aliphatic heterocycles. The molecule has 0 aromatic heterocycles. The van der Waals surface area contributed by atoms with Gasteiger partial charge in [0, 0.05) is 17.0 Å². The van der Waals surface area contributed by atoms with Gasteiger partial charge in [-0.05, 0) is 68.9 Å². The van der Waals surface area contributed by atoms with E-state index in [0.29, 0.717) is 11.3 Å². The molecular formula is C22H25N3O2. The summed E-state index contributed by atoms with van der Waals surface area (Å²) in [6.45, 7) is 3.66. The number of hydrogen-bond acceptors (Lipinski definition) is 3. The van der Waals surface area contributed by atoms with Crippen molar-refractivity contribution in [2.45, 2.75) is 46.0 Å². The maximum Gasteiger partial charge on any atom is 0.271 e. The van der Waals surface area contributed by atoms with Gasteiger partial charge in [0.15, 0.2) is 0 Å². The van der Waals surface area contributed by atoms with Crippen LogP contribution in [0.15, 0.2) is 47.6 Å². The van der Waals surface area contributed by atoms with Crippen molar-refractivity contribution in [3.63, 3.8) is 0 Å². The largest absolute Gasteiger partial charge is 0.325 e. The third-order valence-corrected chi connectivity index (χ3v) is 4.71. The molecule has 1 aliphatic carbocycles. The number of fused-ring (bicyclic) bond motifs is 1. The summed E-state index contributed by atoms with van der Waals surface area (Å²) in [7, 11) is 0. The first-order valence-corrected chi connectivity index (χ1v) is 9.34. The lowest BCUT2D eigenvalue weighted by molar-refractivity contribution is -0.115. The lowest BCUT2D eigenvalue weighted by Crippen LogP contribution is -2.22. The second-order valence-electron chi connectivity index (χ2n) is 7.03. The summed E-state index contributed by atoms with van der Waals surface area (Å²) < 4.78 is 0. The van der Waals surface area contributed by atoms with Crippen LogP contribution in [-0.4, -0.2) is 17.5 Å². The van der Waals surface area contributed by atoms with Gasteiger partial charge >= 0.3 is 0 Å². The van der Waals surface area contributed by atoms with Gasteiger partial charge in [0.1, 0.15) is 0 Å². The van der Waals surface area contributed by atoms with Gasteiger partial charge in [0.05, 0.1) is 6.42 Å². The smallest absolute Gasteiger partial charge is 0.271 e. The Balaban J connectivity index is 1.58. The highest BCUT2D eigenvalue weighted by molar-refractivity contribution is 6.06. The number of aryl methyl sites for hydroxylation is 2. The molecule has 140 valence electrons. The van der Waals surface area contributed by atoms with Gasteiger partial charge in [0.2, 0.25) is 5.91 Å². The van der Waals surface area contributed by atoms with Crippen LogP contribution in [-0.2, 0) is 17.6 Å². The summed E-state index contributed by atoms with van der Waals surface area (Å²) in [5.41, 5.74) is 8.10. The summed E-state index contributed by atoms with van der Waals surface area (Å²) in [6, 6.07) is 13.4. The van der Waals surface area contributed by atoms with Gasteiger partial charge in [-0.3, -0.25) is 9.59 Å². The molecule has 0 spiro atoms. The van der Waals surface area contributed by atoms with Crippen molar-refractivity contribution in [2.75, 3.05) is 5.32 Å². The summed E-state index contributed by atoms with van der Waals surface area (Å²) in [5.74, 6) is -0.407. The van der Waals surface area contributed by atoms with E-state index in [9.17, 15) is 9.59 Å². The fourth-order valence-electron chi connectivity index (χ4n) is 3.36. The molecule has 0 radical (unpaired) electrons. The first-order chi connectivity index (χ1) is 13.0. The van der Waals surface area contributed by atoms with E-state index in [0.717, 1.165) is 30.5 Å². The Hall–Kier alpha value is -2.95. The van der Waals surface area contributed by atoms with E-state index in [1.165, 1.54) is 17.5 Å². The minimum absolute atomic E-state index is 0.125. The van der Waals surface area contributed by atoms with Crippen molar-refractivity contribution in [1.82, 2.24) is 5.43 Å². The molecular weight excluding hydrogens is 338 g/mol. The van der Waals surface area contributed by atoms with Gasteiger partial charge in [-0.1, -0.05) is 29.8 Å². The highest BCUT2D eigenvalue weighted by Crippen LogP contribution is 2.27. The molecule has 2 N–H and O–H groups in total. The number of rotatable bonds is 5. The average molecular weight is 363 g/mol. The van der Waals surface area contributed by atoms with Crippen LogP contribution in [0.4, 0.5) is 5.69 Å². The van der Waals surface area contributed by atoms with Crippen molar-refractivity contribution < 1.29 is 9.59 Å². The van der Waals surface area contributed by atoms with Crippen molar-refractivity contribution in [3.05, 3.63) is 64.7 Å². The number of hydrazone groups is 1. The zero-order chi connectivity index (χ0) is 19.2. The third-order valence-electron chi connectivity index (χ3n) is 4.71. The Morgan fingerprint density at radius 2 is 1.85 bits per heavy atom. The van der Waals surface area contributed by atoms with Crippen LogP contribution in [0.3, 0.4) is 0 Å². The third kappa shape index (κ3) is 5.03. The Labute approximate surface area is 159 Å². The van der Waals surface area contributed by atoms with Crippen molar-refractivity contribution >= 4 is 23.2 Å². The molecule has 0 atom stereocenters. The molecule has 2 aromatic carbocycles. The number of nitrogens with zero attached hydrogens (tertiary/aromatic N) is 1. The van der Waals surface area contributed by atoms with E-state index < -0.39 is 0 Å². The Kier molecular flexibility index (Phi) is 6.01. The van der Waals surface area contributed by atoms with Crippen LogP contribution in [0, 0.1) is 6.92 Å². The summed E-state index contributed by atoms with van der Waals surface area (Å²) in [6.07, 6.45) is 4.58. The van der Waals surface area contributed by atoms with E-state index in [1.807, 2.05) is 31.2 Å². The normalized spacial score (nSPS) is 13.6. The van der Waals surface area contributed by atoms with Gasteiger partial charge in [-0.15, -0.1) is 0 Å². The van der Waals surface area contributed by atoms with Gasteiger partial charge in [0.25, 0.3) is 5.91 Å². The zero-order valence-electron chi connectivity index (χ0n) is 15.8. The topological polar surface area (TPSA) is 70.6 Å². The van der Waals surface area contributed by atoms with Gasteiger partial charge in [-0.2, -0.15) is 5.10 Å². The van der Waals surface area contributed by atoms with Crippen LogP contribution >= 0.6 is 0 Å².